The average molecular weight is 434 g/mol. The highest BCUT2D eigenvalue weighted by molar-refractivity contribution is 5.98. The smallest absolute Gasteiger partial charge is 0.126 e. The summed E-state index contributed by atoms with van der Waals surface area (Å²) < 4.78 is 30.1. The monoisotopic (exact) mass is 433 g/mol. The van der Waals surface area contributed by atoms with Gasteiger partial charge in [0.25, 0.3) is 0 Å². The van der Waals surface area contributed by atoms with Crippen LogP contribution in [-0.2, 0) is 6.42 Å². The van der Waals surface area contributed by atoms with Crippen LogP contribution in [0, 0.1) is 18.6 Å². The van der Waals surface area contributed by atoms with E-state index in [1.54, 1.807) is 37.3 Å². The maximum absolute atomic E-state index is 14.4. The van der Waals surface area contributed by atoms with E-state index in [9.17, 15) is 13.9 Å². The lowest BCUT2D eigenvalue weighted by Crippen LogP contribution is -2.43. The van der Waals surface area contributed by atoms with Crippen LogP contribution in [0.3, 0.4) is 0 Å². The fourth-order valence-electron chi connectivity index (χ4n) is 4.63. The van der Waals surface area contributed by atoms with Gasteiger partial charge in [-0.15, -0.1) is 0 Å². The molecule has 0 bridgehead atoms. The van der Waals surface area contributed by atoms with Crippen LogP contribution in [0.1, 0.15) is 16.8 Å². The van der Waals surface area contributed by atoms with E-state index >= 15 is 0 Å². The molecule has 5 rings (SSSR count). The van der Waals surface area contributed by atoms with Gasteiger partial charge >= 0.3 is 0 Å². The summed E-state index contributed by atoms with van der Waals surface area (Å²) in [6.45, 7) is 5.24. The van der Waals surface area contributed by atoms with Crippen molar-refractivity contribution in [3.05, 3.63) is 89.1 Å². The summed E-state index contributed by atoms with van der Waals surface area (Å²) in [5.41, 5.74) is 5.23. The van der Waals surface area contributed by atoms with Crippen molar-refractivity contribution in [3.8, 4) is 11.4 Å². The first-order valence-electron chi connectivity index (χ1n) is 10.8. The first-order valence-corrected chi connectivity index (χ1v) is 10.8. The molecule has 2 N–H and O–H groups in total. The zero-order chi connectivity index (χ0) is 22.2. The first kappa shape index (κ1) is 20.5. The van der Waals surface area contributed by atoms with Crippen LogP contribution >= 0.6 is 0 Å². The van der Waals surface area contributed by atoms with E-state index in [1.807, 2.05) is 12.1 Å². The molecule has 1 aromatic heterocycles. The second kappa shape index (κ2) is 8.28. The SMILES string of the molecule is Cc1c(F)cccc1Cc1c(N2CCNCC2)c2ccc(O)cc2n1-c1ccc(F)cc1. The van der Waals surface area contributed by atoms with Crippen LogP contribution in [-0.4, -0.2) is 35.9 Å². The van der Waals surface area contributed by atoms with E-state index < -0.39 is 0 Å². The number of hydrogen-bond acceptors (Lipinski definition) is 3. The van der Waals surface area contributed by atoms with Gasteiger partial charge in [0, 0.05) is 49.7 Å². The molecule has 1 aliphatic rings. The van der Waals surface area contributed by atoms with Gasteiger partial charge in [-0.25, -0.2) is 8.78 Å². The van der Waals surface area contributed by atoms with Gasteiger partial charge in [0.2, 0.25) is 0 Å². The molecular weight excluding hydrogens is 408 g/mol. The molecule has 0 amide bonds. The minimum atomic E-state index is -0.307. The van der Waals surface area contributed by atoms with E-state index in [2.05, 4.69) is 14.8 Å². The van der Waals surface area contributed by atoms with Crippen LogP contribution in [0.4, 0.5) is 14.5 Å². The van der Waals surface area contributed by atoms with Gasteiger partial charge in [0.1, 0.15) is 17.4 Å². The van der Waals surface area contributed by atoms with Gasteiger partial charge < -0.3 is 19.9 Å². The fourth-order valence-corrected chi connectivity index (χ4v) is 4.63. The summed E-state index contributed by atoms with van der Waals surface area (Å²) in [7, 11) is 0. The second-order valence-corrected chi connectivity index (χ2v) is 8.25. The summed E-state index contributed by atoms with van der Waals surface area (Å²) in [6, 6.07) is 16.9. The molecule has 3 aromatic carbocycles. The fraction of sp³-hybridized carbons (Fsp3) is 0.231. The zero-order valence-corrected chi connectivity index (χ0v) is 17.9. The van der Waals surface area contributed by atoms with Crippen molar-refractivity contribution in [2.45, 2.75) is 13.3 Å². The lowest BCUT2D eigenvalue weighted by molar-refractivity contribution is 0.476. The Morgan fingerprint density at radius 3 is 2.47 bits per heavy atom. The van der Waals surface area contributed by atoms with Crippen molar-refractivity contribution < 1.29 is 13.9 Å². The molecule has 6 heteroatoms. The number of benzene rings is 3. The number of phenolic OH excluding ortho intramolecular Hbond substituents is 1. The lowest BCUT2D eigenvalue weighted by Gasteiger charge is -2.30. The quantitative estimate of drug-likeness (QED) is 0.480. The Hall–Kier alpha value is -3.38. The van der Waals surface area contributed by atoms with E-state index in [4.69, 9.17) is 0 Å². The van der Waals surface area contributed by atoms with Crippen molar-refractivity contribution >= 4 is 16.6 Å². The Morgan fingerprint density at radius 2 is 1.72 bits per heavy atom. The van der Waals surface area contributed by atoms with Gasteiger partial charge in [0.15, 0.2) is 0 Å². The number of aromatic nitrogens is 1. The molecule has 0 unspecified atom stereocenters. The van der Waals surface area contributed by atoms with E-state index in [0.717, 1.165) is 59.7 Å². The molecule has 1 fully saturated rings. The average Bonchev–Trinajstić information content (AvgIpc) is 3.11. The number of aromatic hydroxyl groups is 1. The van der Waals surface area contributed by atoms with Crippen molar-refractivity contribution in [1.82, 2.24) is 9.88 Å². The van der Waals surface area contributed by atoms with E-state index in [0.29, 0.717) is 12.0 Å². The van der Waals surface area contributed by atoms with Crippen molar-refractivity contribution in [3.63, 3.8) is 0 Å². The molecule has 0 spiro atoms. The van der Waals surface area contributed by atoms with Crippen LogP contribution in [0.25, 0.3) is 16.6 Å². The highest BCUT2D eigenvalue weighted by Crippen LogP contribution is 2.39. The Morgan fingerprint density at radius 1 is 0.969 bits per heavy atom. The molecular formula is C26H25F2N3O. The number of nitrogens with one attached hydrogen (secondary N) is 1. The Balaban J connectivity index is 1.80. The molecule has 0 saturated carbocycles. The number of hydrogen-bond donors (Lipinski definition) is 2. The maximum Gasteiger partial charge on any atom is 0.126 e. The Kier molecular flexibility index (Phi) is 5.31. The van der Waals surface area contributed by atoms with Crippen molar-refractivity contribution in [1.29, 1.82) is 0 Å². The highest BCUT2D eigenvalue weighted by atomic mass is 19.1. The molecule has 0 aliphatic carbocycles. The van der Waals surface area contributed by atoms with Gasteiger partial charge in [-0.1, -0.05) is 12.1 Å². The summed E-state index contributed by atoms with van der Waals surface area (Å²) >= 11 is 0. The van der Waals surface area contributed by atoms with Gasteiger partial charge in [0.05, 0.1) is 16.9 Å². The number of rotatable bonds is 4. The Bertz CT molecular complexity index is 1270. The van der Waals surface area contributed by atoms with Crippen molar-refractivity contribution in [2.75, 3.05) is 31.1 Å². The number of nitrogens with zero attached hydrogens (tertiary/aromatic N) is 2. The molecule has 0 atom stereocenters. The predicted octanol–water partition coefficient (Wildman–Crippen LogP) is 4.92. The number of halogens is 2. The third-order valence-corrected chi connectivity index (χ3v) is 6.28. The largest absolute Gasteiger partial charge is 0.508 e. The predicted molar refractivity (Wildman–Crippen MR) is 124 cm³/mol. The summed E-state index contributed by atoms with van der Waals surface area (Å²) in [5, 5.41) is 14.7. The van der Waals surface area contributed by atoms with Crippen LogP contribution < -0.4 is 10.2 Å². The van der Waals surface area contributed by atoms with Gasteiger partial charge in [-0.2, -0.15) is 0 Å². The van der Waals surface area contributed by atoms with E-state index in [1.165, 1.54) is 18.2 Å². The van der Waals surface area contributed by atoms with Crippen LogP contribution in [0.15, 0.2) is 60.7 Å². The summed E-state index contributed by atoms with van der Waals surface area (Å²) in [4.78, 5) is 2.35. The summed E-state index contributed by atoms with van der Waals surface area (Å²) in [5.74, 6) is -0.370. The molecule has 32 heavy (non-hydrogen) atoms. The zero-order valence-electron chi connectivity index (χ0n) is 17.9. The molecule has 1 saturated heterocycles. The normalized spacial score (nSPS) is 14.3. The molecule has 164 valence electrons. The highest BCUT2D eigenvalue weighted by Gasteiger charge is 2.25. The van der Waals surface area contributed by atoms with Gasteiger partial charge in [-0.3, -0.25) is 0 Å². The third-order valence-electron chi connectivity index (χ3n) is 6.28. The Labute approximate surface area is 185 Å². The lowest BCUT2D eigenvalue weighted by atomic mass is 10.0. The first-order chi connectivity index (χ1) is 15.5. The molecule has 0 radical (unpaired) electrons. The van der Waals surface area contributed by atoms with Crippen molar-refractivity contribution in [2.24, 2.45) is 0 Å². The molecule has 2 heterocycles. The maximum atomic E-state index is 14.4. The topological polar surface area (TPSA) is 40.4 Å². The number of fused-ring (bicyclic) bond motifs is 1. The van der Waals surface area contributed by atoms with Crippen LogP contribution in [0.2, 0.25) is 0 Å². The minimum Gasteiger partial charge on any atom is -0.508 e. The molecule has 1 aliphatic heterocycles. The number of anilines is 1. The third kappa shape index (κ3) is 3.60. The molecule has 4 aromatic rings. The summed E-state index contributed by atoms with van der Waals surface area (Å²) in [6.07, 6.45) is 0.510. The molecule has 4 nitrogen and oxygen atoms in total. The standard InChI is InChI=1S/C26H25F2N3O/c1-17-18(3-2-4-23(17)28)15-25-26(30-13-11-29-12-14-30)22-10-9-21(32)16-24(22)31(25)20-7-5-19(27)6-8-20/h2-10,16,29,32H,11-15H2,1H3. The minimum absolute atomic E-state index is 0.165. The second-order valence-electron chi connectivity index (χ2n) is 8.25. The number of piperazine rings is 1. The number of phenols is 1. The van der Waals surface area contributed by atoms with Crippen LogP contribution in [0.5, 0.6) is 5.75 Å². The van der Waals surface area contributed by atoms with Gasteiger partial charge in [-0.05, 0) is 60.5 Å². The van der Waals surface area contributed by atoms with E-state index in [-0.39, 0.29) is 17.4 Å².